The van der Waals surface area contributed by atoms with Gasteiger partial charge in [0.25, 0.3) is 0 Å². The van der Waals surface area contributed by atoms with E-state index in [9.17, 15) is 14.4 Å². The van der Waals surface area contributed by atoms with Crippen LogP contribution in [0.4, 0.5) is 4.79 Å². The molecule has 3 aliphatic rings. The number of hydrogen-bond acceptors (Lipinski definition) is 4. The van der Waals surface area contributed by atoms with Gasteiger partial charge in [-0.15, -0.1) is 0 Å². The highest BCUT2D eigenvalue weighted by molar-refractivity contribution is 5.86. The van der Waals surface area contributed by atoms with Gasteiger partial charge in [0.2, 0.25) is 5.91 Å². The summed E-state index contributed by atoms with van der Waals surface area (Å²) in [7, 11) is 0. The van der Waals surface area contributed by atoms with Gasteiger partial charge < -0.3 is 20.5 Å². The molecule has 7 heteroatoms. The highest BCUT2D eigenvalue weighted by Crippen LogP contribution is 2.49. The Morgan fingerprint density at radius 1 is 1.00 bits per heavy atom. The zero-order chi connectivity index (χ0) is 23.1. The second kappa shape index (κ2) is 8.54. The Morgan fingerprint density at radius 2 is 1.61 bits per heavy atom. The first-order valence-corrected chi connectivity index (χ1v) is 11.6. The number of carboxylic acids is 1. The van der Waals surface area contributed by atoms with E-state index in [1.165, 1.54) is 18.1 Å². The van der Waals surface area contributed by atoms with Gasteiger partial charge in [-0.3, -0.25) is 9.59 Å². The molecule has 4 unspecified atom stereocenters. The molecule has 0 aromatic heterocycles. The predicted octanol–water partition coefficient (Wildman–Crippen LogP) is 3.53. The van der Waals surface area contributed by atoms with Crippen LogP contribution in [0.2, 0.25) is 0 Å². The number of alkyl carbamates (subject to hydrolysis) is 1. The smallest absolute Gasteiger partial charge is 0.407 e. The lowest BCUT2D eigenvalue weighted by atomic mass is 9.83. The van der Waals surface area contributed by atoms with Crippen LogP contribution in [-0.4, -0.2) is 41.8 Å². The van der Waals surface area contributed by atoms with Crippen molar-refractivity contribution in [1.82, 2.24) is 10.6 Å². The topological polar surface area (TPSA) is 105 Å². The molecule has 0 saturated heterocycles. The summed E-state index contributed by atoms with van der Waals surface area (Å²) in [6.07, 6.45) is 2.22. The van der Waals surface area contributed by atoms with E-state index in [1.807, 2.05) is 24.3 Å². The first-order chi connectivity index (χ1) is 15.9. The van der Waals surface area contributed by atoms with Crippen molar-refractivity contribution >= 4 is 18.0 Å². The molecular weight excluding hydrogens is 420 g/mol. The maximum absolute atomic E-state index is 12.8. The molecule has 33 heavy (non-hydrogen) atoms. The molecule has 3 aliphatic carbocycles. The summed E-state index contributed by atoms with van der Waals surface area (Å²) >= 11 is 0. The molecule has 2 saturated carbocycles. The molecule has 172 valence electrons. The van der Waals surface area contributed by atoms with Gasteiger partial charge in [0, 0.05) is 12.0 Å². The Balaban J connectivity index is 1.26. The second-order valence-electron chi connectivity index (χ2n) is 9.42. The Morgan fingerprint density at radius 3 is 2.24 bits per heavy atom. The van der Waals surface area contributed by atoms with Crippen molar-refractivity contribution in [2.75, 3.05) is 6.61 Å². The number of amides is 2. The van der Waals surface area contributed by atoms with E-state index in [0.717, 1.165) is 30.4 Å². The zero-order valence-corrected chi connectivity index (χ0v) is 18.5. The van der Waals surface area contributed by atoms with Gasteiger partial charge in [0.05, 0.1) is 5.92 Å². The van der Waals surface area contributed by atoms with Crippen LogP contribution in [0.1, 0.15) is 43.2 Å². The molecule has 0 heterocycles. The minimum Gasteiger partial charge on any atom is -0.480 e. The third-order valence-electron chi connectivity index (χ3n) is 7.58. The van der Waals surface area contributed by atoms with Gasteiger partial charge in [0.1, 0.15) is 12.6 Å². The van der Waals surface area contributed by atoms with Crippen molar-refractivity contribution in [1.29, 1.82) is 0 Å². The lowest BCUT2D eigenvalue weighted by molar-refractivity contribution is -0.142. The summed E-state index contributed by atoms with van der Waals surface area (Å²) in [5, 5.41) is 14.6. The van der Waals surface area contributed by atoms with Crippen molar-refractivity contribution in [2.45, 2.75) is 44.2 Å². The van der Waals surface area contributed by atoms with Crippen molar-refractivity contribution in [2.24, 2.45) is 17.8 Å². The monoisotopic (exact) mass is 448 g/mol. The Bertz CT molecular complexity index is 1050. The van der Waals surface area contributed by atoms with E-state index in [1.54, 1.807) is 0 Å². The lowest BCUT2D eigenvalue weighted by Crippen LogP contribution is -2.52. The van der Waals surface area contributed by atoms with Crippen molar-refractivity contribution < 1.29 is 24.2 Å². The van der Waals surface area contributed by atoms with Crippen molar-refractivity contribution in [3.05, 3.63) is 59.7 Å². The molecule has 7 nitrogen and oxygen atoms in total. The van der Waals surface area contributed by atoms with Crippen molar-refractivity contribution in [3.8, 4) is 11.1 Å². The van der Waals surface area contributed by atoms with Crippen LogP contribution in [0.5, 0.6) is 0 Å². The van der Waals surface area contributed by atoms with E-state index >= 15 is 0 Å². The van der Waals surface area contributed by atoms with Gasteiger partial charge in [-0.1, -0.05) is 48.5 Å². The largest absolute Gasteiger partial charge is 0.480 e. The van der Waals surface area contributed by atoms with Crippen LogP contribution in [0.3, 0.4) is 0 Å². The van der Waals surface area contributed by atoms with Crippen molar-refractivity contribution in [3.63, 3.8) is 0 Å². The SMILES string of the molecule is C[C@@H](NC(=O)C1C2CCC(C2)C1NC(=O)OCC1c2ccccc2-c2ccccc21)C(=O)O. The average molecular weight is 449 g/mol. The molecule has 3 N–H and O–H groups in total. The third-order valence-corrected chi connectivity index (χ3v) is 7.58. The highest BCUT2D eigenvalue weighted by Gasteiger charge is 2.51. The second-order valence-corrected chi connectivity index (χ2v) is 9.42. The van der Waals surface area contributed by atoms with E-state index in [0.29, 0.717) is 0 Å². The molecule has 2 amide bonds. The molecule has 5 atom stereocenters. The summed E-state index contributed by atoms with van der Waals surface area (Å²) in [4.78, 5) is 36.8. The first-order valence-electron chi connectivity index (χ1n) is 11.6. The number of carboxylic acid groups (broad SMARTS) is 1. The standard InChI is InChI=1S/C26H28N2O5/c1-14(25(30)31)27-24(29)22-15-10-11-16(12-15)23(22)28-26(32)33-13-21-19-8-4-2-6-17(19)18-7-3-5-9-20(18)21/h2-9,14-16,21-23H,10-13H2,1H3,(H,27,29)(H,28,32)(H,30,31)/t14-,15?,16?,22?,23?/m1/s1. The van der Waals surface area contributed by atoms with Gasteiger partial charge in [-0.25, -0.2) is 4.79 Å². The summed E-state index contributed by atoms with van der Waals surface area (Å²) in [6.45, 7) is 1.66. The van der Waals surface area contributed by atoms with Crippen LogP contribution in [-0.2, 0) is 14.3 Å². The molecular formula is C26H28N2O5. The van der Waals surface area contributed by atoms with Gasteiger partial charge in [0.15, 0.2) is 0 Å². The van der Waals surface area contributed by atoms with Crippen LogP contribution >= 0.6 is 0 Å². The number of aliphatic carboxylic acids is 1. The molecule has 2 fully saturated rings. The van der Waals surface area contributed by atoms with Gasteiger partial charge in [-0.05, 0) is 60.3 Å². The zero-order valence-electron chi connectivity index (χ0n) is 18.5. The van der Waals surface area contributed by atoms with E-state index in [4.69, 9.17) is 9.84 Å². The molecule has 2 bridgehead atoms. The summed E-state index contributed by atoms with van der Waals surface area (Å²) < 4.78 is 5.68. The number of nitrogens with one attached hydrogen (secondary N) is 2. The minimum atomic E-state index is -1.08. The fourth-order valence-electron chi connectivity index (χ4n) is 6.02. The summed E-state index contributed by atoms with van der Waals surface area (Å²) in [5.41, 5.74) is 4.62. The van der Waals surface area contributed by atoms with Gasteiger partial charge in [-0.2, -0.15) is 0 Å². The Hall–Kier alpha value is -3.35. The third kappa shape index (κ3) is 3.86. The fourth-order valence-corrected chi connectivity index (χ4v) is 6.02. The predicted molar refractivity (Wildman–Crippen MR) is 122 cm³/mol. The van der Waals surface area contributed by atoms with Crippen LogP contribution in [0.15, 0.2) is 48.5 Å². The molecule has 0 radical (unpaired) electrons. The maximum atomic E-state index is 12.8. The molecule has 0 aliphatic heterocycles. The minimum absolute atomic E-state index is 0.0290. The van der Waals surface area contributed by atoms with Crippen LogP contribution in [0.25, 0.3) is 11.1 Å². The summed E-state index contributed by atoms with van der Waals surface area (Å²) in [5.74, 6) is -1.46. The molecule has 2 aromatic rings. The highest BCUT2D eigenvalue weighted by atomic mass is 16.5. The Kier molecular flexibility index (Phi) is 5.56. The molecule has 5 rings (SSSR count). The fraction of sp³-hybridized carbons (Fsp3) is 0.423. The number of carbonyl (C=O) groups excluding carboxylic acids is 2. The lowest BCUT2D eigenvalue weighted by Gasteiger charge is -2.31. The number of benzene rings is 2. The van der Waals surface area contributed by atoms with E-state index < -0.39 is 24.0 Å². The van der Waals surface area contributed by atoms with Crippen LogP contribution in [0, 0.1) is 17.8 Å². The summed E-state index contributed by atoms with van der Waals surface area (Å²) in [6, 6.07) is 15.0. The maximum Gasteiger partial charge on any atom is 0.407 e. The number of ether oxygens (including phenoxy) is 1. The quantitative estimate of drug-likeness (QED) is 0.627. The molecule has 0 spiro atoms. The number of fused-ring (bicyclic) bond motifs is 5. The van der Waals surface area contributed by atoms with Crippen LogP contribution < -0.4 is 10.6 Å². The number of hydrogen-bond donors (Lipinski definition) is 3. The number of rotatable bonds is 6. The molecule has 2 aromatic carbocycles. The average Bonchev–Trinajstić information content (AvgIpc) is 3.49. The normalized spacial score (nSPS) is 25.7. The number of carbonyl (C=O) groups is 3. The first kappa shape index (κ1) is 21.5. The Labute approximate surface area is 192 Å². The van der Waals surface area contributed by atoms with E-state index in [-0.39, 0.29) is 36.3 Å². The van der Waals surface area contributed by atoms with Gasteiger partial charge >= 0.3 is 12.1 Å². The van der Waals surface area contributed by atoms with E-state index in [2.05, 4.69) is 34.9 Å².